The van der Waals surface area contributed by atoms with E-state index in [9.17, 15) is 4.79 Å². The molecule has 23 heavy (non-hydrogen) atoms. The molecular weight excluding hydrogens is 290 g/mol. The van der Waals surface area contributed by atoms with Gasteiger partial charge in [-0.2, -0.15) is 0 Å². The molecular formula is C19H21NO3. The van der Waals surface area contributed by atoms with Crippen molar-refractivity contribution in [3.05, 3.63) is 59.2 Å². The lowest BCUT2D eigenvalue weighted by Crippen LogP contribution is -2.30. The average molecular weight is 311 g/mol. The number of aliphatic hydroxyl groups is 1. The minimum absolute atomic E-state index is 0.0487. The SMILES string of the molecule is CC(Oc1cccc(CO)c1)C(=O)Nc1ccc2c(c1)CCC2. The Balaban J connectivity index is 1.63. The zero-order chi connectivity index (χ0) is 16.2. The van der Waals surface area contributed by atoms with Crippen molar-refractivity contribution in [3.63, 3.8) is 0 Å². The fourth-order valence-corrected chi connectivity index (χ4v) is 2.87. The fraction of sp³-hybridized carbons (Fsp3) is 0.316. The standard InChI is InChI=1S/C19H21NO3/c1-13(23-18-7-2-4-14(10-18)12-21)19(22)20-17-9-8-15-5-3-6-16(15)11-17/h2,4,7-11,13,21H,3,5-6,12H2,1H3,(H,20,22). The largest absolute Gasteiger partial charge is 0.481 e. The zero-order valence-electron chi connectivity index (χ0n) is 13.2. The van der Waals surface area contributed by atoms with Gasteiger partial charge in [-0.25, -0.2) is 0 Å². The number of rotatable bonds is 5. The number of hydrogen-bond acceptors (Lipinski definition) is 3. The second-order valence-electron chi connectivity index (χ2n) is 5.89. The predicted molar refractivity (Wildman–Crippen MR) is 89.6 cm³/mol. The molecule has 0 aromatic heterocycles. The molecule has 4 nitrogen and oxygen atoms in total. The van der Waals surface area contributed by atoms with Crippen LogP contribution in [0.4, 0.5) is 5.69 Å². The van der Waals surface area contributed by atoms with E-state index in [1.165, 1.54) is 17.5 Å². The van der Waals surface area contributed by atoms with Crippen molar-refractivity contribution in [1.29, 1.82) is 0 Å². The van der Waals surface area contributed by atoms with E-state index in [4.69, 9.17) is 9.84 Å². The van der Waals surface area contributed by atoms with Crippen molar-refractivity contribution < 1.29 is 14.6 Å². The van der Waals surface area contributed by atoms with E-state index in [0.717, 1.165) is 24.1 Å². The van der Waals surface area contributed by atoms with Crippen LogP contribution in [-0.4, -0.2) is 17.1 Å². The van der Waals surface area contributed by atoms with E-state index in [1.54, 1.807) is 25.1 Å². The van der Waals surface area contributed by atoms with Crippen molar-refractivity contribution in [3.8, 4) is 5.75 Å². The molecule has 0 aliphatic heterocycles. The lowest BCUT2D eigenvalue weighted by Gasteiger charge is -2.15. The third-order valence-corrected chi connectivity index (χ3v) is 4.13. The first kappa shape index (κ1) is 15.6. The minimum atomic E-state index is -0.614. The summed E-state index contributed by atoms with van der Waals surface area (Å²) >= 11 is 0. The van der Waals surface area contributed by atoms with Crippen LogP contribution in [0, 0.1) is 0 Å². The van der Waals surface area contributed by atoms with E-state index in [2.05, 4.69) is 17.4 Å². The van der Waals surface area contributed by atoms with E-state index >= 15 is 0 Å². The maximum Gasteiger partial charge on any atom is 0.265 e. The summed E-state index contributed by atoms with van der Waals surface area (Å²) in [6.07, 6.45) is 2.79. The highest BCUT2D eigenvalue weighted by molar-refractivity contribution is 5.94. The van der Waals surface area contributed by atoms with Crippen LogP contribution in [0.1, 0.15) is 30.0 Å². The normalized spacial score (nSPS) is 14.2. The molecule has 1 unspecified atom stereocenters. The number of anilines is 1. The Morgan fingerprint density at radius 2 is 2.04 bits per heavy atom. The van der Waals surface area contributed by atoms with Gasteiger partial charge < -0.3 is 15.2 Å². The van der Waals surface area contributed by atoms with Gasteiger partial charge in [-0.05, 0) is 67.1 Å². The number of carbonyl (C=O) groups excluding carboxylic acids is 1. The van der Waals surface area contributed by atoms with Gasteiger partial charge in [0.05, 0.1) is 6.61 Å². The number of aryl methyl sites for hydroxylation is 2. The summed E-state index contributed by atoms with van der Waals surface area (Å²) in [4.78, 5) is 12.3. The van der Waals surface area contributed by atoms with Crippen LogP contribution in [0.2, 0.25) is 0 Å². The molecule has 4 heteroatoms. The number of amides is 1. The van der Waals surface area contributed by atoms with Gasteiger partial charge >= 0.3 is 0 Å². The first-order valence-electron chi connectivity index (χ1n) is 7.95. The number of hydrogen-bond donors (Lipinski definition) is 2. The Morgan fingerprint density at radius 3 is 2.87 bits per heavy atom. The third-order valence-electron chi connectivity index (χ3n) is 4.13. The maximum absolute atomic E-state index is 12.3. The van der Waals surface area contributed by atoms with E-state index in [1.807, 2.05) is 12.1 Å². The zero-order valence-corrected chi connectivity index (χ0v) is 13.2. The quantitative estimate of drug-likeness (QED) is 0.892. The first-order valence-corrected chi connectivity index (χ1v) is 7.95. The molecule has 1 aliphatic carbocycles. The van der Waals surface area contributed by atoms with Gasteiger partial charge in [-0.3, -0.25) is 4.79 Å². The van der Waals surface area contributed by atoms with Crippen LogP contribution in [-0.2, 0) is 24.2 Å². The van der Waals surface area contributed by atoms with Crippen molar-refractivity contribution in [2.45, 2.75) is 38.9 Å². The maximum atomic E-state index is 12.3. The van der Waals surface area contributed by atoms with E-state index in [-0.39, 0.29) is 12.5 Å². The summed E-state index contributed by atoms with van der Waals surface area (Å²) in [5, 5.41) is 12.0. The van der Waals surface area contributed by atoms with Crippen molar-refractivity contribution in [2.24, 2.45) is 0 Å². The number of aliphatic hydroxyl groups excluding tert-OH is 1. The highest BCUT2D eigenvalue weighted by atomic mass is 16.5. The molecule has 0 spiro atoms. The summed E-state index contributed by atoms with van der Waals surface area (Å²) in [5.41, 5.74) is 4.28. The first-order chi connectivity index (χ1) is 11.2. The molecule has 0 radical (unpaired) electrons. The van der Waals surface area contributed by atoms with Crippen LogP contribution in [0.15, 0.2) is 42.5 Å². The second kappa shape index (κ2) is 6.84. The number of nitrogens with one attached hydrogen (secondary N) is 1. The molecule has 1 atom stereocenters. The molecule has 120 valence electrons. The fourth-order valence-electron chi connectivity index (χ4n) is 2.87. The molecule has 1 amide bonds. The van der Waals surface area contributed by atoms with Crippen molar-refractivity contribution in [2.75, 3.05) is 5.32 Å². The Labute approximate surface area is 136 Å². The molecule has 0 heterocycles. The summed E-state index contributed by atoms with van der Waals surface area (Å²) in [7, 11) is 0. The monoisotopic (exact) mass is 311 g/mol. The molecule has 2 N–H and O–H groups in total. The summed E-state index contributed by atoms with van der Waals surface area (Å²) in [6, 6.07) is 13.2. The minimum Gasteiger partial charge on any atom is -0.481 e. The van der Waals surface area contributed by atoms with Crippen molar-refractivity contribution in [1.82, 2.24) is 0 Å². The highest BCUT2D eigenvalue weighted by Gasteiger charge is 2.17. The molecule has 3 rings (SSSR count). The lowest BCUT2D eigenvalue weighted by atomic mass is 10.1. The van der Waals surface area contributed by atoms with Crippen LogP contribution >= 0.6 is 0 Å². The summed E-state index contributed by atoms with van der Waals surface area (Å²) in [5.74, 6) is 0.394. The molecule has 0 fully saturated rings. The number of carbonyl (C=O) groups is 1. The topological polar surface area (TPSA) is 58.6 Å². The third kappa shape index (κ3) is 3.71. The lowest BCUT2D eigenvalue weighted by molar-refractivity contribution is -0.122. The van der Waals surface area contributed by atoms with Crippen LogP contribution < -0.4 is 10.1 Å². The number of ether oxygens (including phenoxy) is 1. The van der Waals surface area contributed by atoms with Crippen LogP contribution in [0.3, 0.4) is 0 Å². The van der Waals surface area contributed by atoms with Gasteiger partial charge in [0, 0.05) is 5.69 Å². The molecule has 0 saturated heterocycles. The Bertz CT molecular complexity index is 712. The molecule has 0 saturated carbocycles. The van der Waals surface area contributed by atoms with Gasteiger partial charge in [0.25, 0.3) is 5.91 Å². The van der Waals surface area contributed by atoms with Gasteiger partial charge in [0.1, 0.15) is 5.75 Å². The van der Waals surface area contributed by atoms with Gasteiger partial charge in [0.2, 0.25) is 0 Å². The smallest absolute Gasteiger partial charge is 0.265 e. The predicted octanol–water partition coefficient (Wildman–Crippen LogP) is 3.07. The molecule has 1 aliphatic rings. The van der Waals surface area contributed by atoms with E-state index in [0.29, 0.717) is 5.75 Å². The van der Waals surface area contributed by atoms with Crippen LogP contribution in [0.5, 0.6) is 5.75 Å². The Morgan fingerprint density at radius 1 is 1.22 bits per heavy atom. The molecule has 0 bridgehead atoms. The van der Waals surface area contributed by atoms with Gasteiger partial charge in [0.15, 0.2) is 6.10 Å². The highest BCUT2D eigenvalue weighted by Crippen LogP contribution is 2.25. The number of benzene rings is 2. The number of fused-ring (bicyclic) bond motifs is 1. The molecule has 2 aromatic carbocycles. The van der Waals surface area contributed by atoms with E-state index < -0.39 is 6.10 Å². The van der Waals surface area contributed by atoms with Gasteiger partial charge in [-0.1, -0.05) is 18.2 Å². The average Bonchev–Trinajstić information content (AvgIpc) is 3.02. The second-order valence-corrected chi connectivity index (χ2v) is 5.89. The summed E-state index contributed by atoms with van der Waals surface area (Å²) in [6.45, 7) is 1.67. The molecule has 2 aromatic rings. The Hall–Kier alpha value is -2.33. The van der Waals surface area contributed by atoms with Gasteiger partial charge in [-0.15, -0.1) is 0 Å². The van der Waals surface area contributed by atoms with Crippen LogP contribution in [0.25, 0.3) is 0 Å². The Kier molecular flexibility index (Phi) is 4.63. The van der Waals surface area contributed by atoms with Crippen molar-refractivity contribution >= 4 is 11.6 Å². The summed E-state index contributed by atoms with van der Waals surface area (Å²) < 4.78 is 5.66.